The molecule has 0 saturated heterocycles. The lowest BCUT2D eigenvalue weighted by molar-refractivity contribution is 0.123. The zero-order chi connectivity index (χ0) is 30.3. The molecule has 0 spiro atoms. The zero-order valence-electron chi connectivity index (χ0n) is 27.2. The standard InChI is InChI=1S/C9H21NO3Si.C9H21NO2Si.C8H19NOSi/c1-9(2)10-7-6-8-14(11-3,12-4)13-5;1-9(2)10-7-6-8-13(5,11-3)12-4;1-8(2)9-6-5-7-11(3,4)10/h6-8H2,1-5H3;6-8H2,1-5H3;10H,5-7H2,1-4H3. The van der Waals surface area contributed by atoms with Crippen LogP contribution in [0.1, 0.15) is 60.8 Å². The van der Waals surface area contributed by atoms with Gasteiger partial charge in [0.05, 0.1) is 0 Å². The molecule has 0 aromatic heterocycles. The number of hydrogen-bond acceptors (Lipinski definition) is 9. The summed E-state index contributed by atoms with van der Waals surface area (Å²) in [5.74, 6) is 0. The molecule has 0 saturated carbocycles. The predicted molar refractivity (Wildman–Crippen MR) is 171 cm³/mol. The van der Waals surface area contributed by atoms with Crippen LogP contribution < -0.4 is 0 Å². The third-order valence-corrected chi connectivity index (χ3v) is 12.9. The average molecular weight is 596 g/mol. The van der Waals surface area contributed by atoms with Crippen molar-refractivity contribution >= 4 is 42.8 Å². The van der Waals surface area contributed by atoms with Crippen LogP contribution in [0.3, 0.4) is 0 Å². The first-order valence-electron chi connectivity index (χ1n) is 13.5. The molecule has 0 unspecified atom stereocenters. The van der Waals surface area contributed by atoms with E-state index in [4.69, 9.17) is 22.1 Å². The highest BCUT2D eigenvalue weighted by Gasteiger charge is 2.36. The van der Waals surface area contributed by atoms with Crippen LogP contribution in [0.5, 0.6) is 0 Å². The molecule has 0 radical (unpaired) electrons. The third kappa shape index (κ3) is 28.4. The molecule has 9 nitrogen and oxygen atoms in total. The van der Waals surface area contributed by atoms with Crippen LogP contribution in [0.15, 0.2) is 15.0 Å². The van der Waals surface area contributed by atoms with Gasteiger partial charge in [0.2, 0.25) is 0 Å². The summed E-state index contributed by atoms with van der Waals surface area (Å²) in [6.07, 6.45) is 3.02. The molecule has 0 rings (SSSR count). The molecule has 0 heterocycles. The van der Waals surface area contributed by atoms with Crippen molar-refractivity contribution in [2.24, 2.45) is 15.0 Å². The first-order chi connectivity index (χ1) is 17.6. The van der Waals surface area contributed by atoms with E-state index in [1.807, 2.05) is 54.6 Å². The lowest BCUT2D eigenvalue weighted by atomic mass is 10.4. The van der Waals surface area contributed by atoms with E-state index in [-0.39, 0.29) is 0 Å². The molecule has 38 heavy (non-hydrogen) atoms. The lowest BCUT2D eigenvalue weighted by Crippen LogP contribution is -2.42. The van der Waals surface area contributed by atoms with Crippen LogP contribution in [0.2, 0.25) is 37.8 Å². The first kappa shape index (κ1) is 41.9. The van der Waals surface area contributed by atoms with Gasteiger partial charge < -0.3 is 26.9 Å². The molecule has 1 N–H and O–H groups in total. The van der Waals surface area contributed by atoms with Crippen molar-refractivity contribution in [1.82, 2.24) is 0 Å². The Kier molecular flexibility index (Phi) is 26.7. The molecule has 228 valence electrons. The molecule has 0 aliphatic heterocycles. The molecular formula is C26H61N3O6Si3. The van der Waals surface area contributed by atoms with Crippen LogP contribution in [0.25, 0.3) is 0 Å². The Morgan fingerprint density at radius 3 is 1.11 bits per heavy atom. The smallest absolute Gasteiger partial charge is 0.432 e. The Hall–Kier alpha value is -0.579. The maximum absolute atomic E-state index is 9.47. The van der Waals surface area contributed by atoms with Crippen LogP contribution in [-0.4, -0.2) is 103 Å². The Bertz CT molecular complexity index is 643. The van der Waals surface area contributed by atoms with Gasteiger partial charge in [0, 0.05) is 78.4 Å². The second-order valence-electron chi connectivity index (χ2n) is 10.4. The maximum atomic E-state index is 9.47. The summed E-state index contributed by atoms with van der Waals surface area (Å²) < 4.78 is 26.6. The number of aliphatic imine (C=N–C) groups is 3. The minimum atomic E-state index is -2.36. The van der Waals surface area contributed by atoms with E-state index in [0.29, 0.717) is 0 Å². The predicted octanol–water partition coefficient (Wildman–Crippen LogP) is 6.01. The topological polar surface area (TPSA) is 103 Å². The summed E-state index contributed by atoms with van der Waals surface area (Å²) >= 11 is 0. The van der Waals surface area contributed by atoms with E-state index < -0.39 is 25.7 Å². The van der Waals surface area contributed by atoms with Gasteiger partial charge in [-0.15, -0.1) is 0 Å². The highest BCUT2D eigenvalue weighted by molar-refractivity contribution is 6.69. The highest BCUT2D eigenvalue weighted by atomic mass is 28.4. The monoisotopic (exact) mass is 595 g/mol. The largest absolute Gasteiger partial charge is 0.500 e. The van der Waals surface area contributed by atoms with Crippen molar-refractivity contribution in [3.63, 3.8) is 0 Å². The highest BCUT2D eigenvalue weighted by Crippen LogP contribution is 2.15. The number of hydrogen-bond donors (Lipinski definition) is 1. The minimum Gasteiger partial charge on any atom is -0.432 e. The molecule has 0 amide bonds. The van der Waals surface area contributed by atoms with Crippen molar-refractivity contribution in [2.45, 2.75) is 98.6 Å². The number of nitrogens with zero attached hydrogens (tertiary/aromatic N) is 3. The summed E-state index contributed by atoms with van der Waals surface area (Å²) in [6, 6.07) is 2.79. The van der Waals surface area contributed by atoms with Gasteiger partial charge in [0.15, 0.2) is 8.32 Å². The van der Waals surface area contributed by atoms with E-state index in [9.17, 15) is 4.80 Å². The van der Waals surface area contributed by atoms with Crippen molar-refractivity contribution in [3.05, 3.63) is 0 Å². The fraction of sp³-hybridized carbons (Fsp3) is 0.885. The molecule has 12 heteroatoms. The summed E-state index contributed by atoms with van der Waals surface area (Å²) in [7, 11) is 2.35. The summed E-state index contributed by atoms with van der Waals surface area (Å²) in [6.45, 7) is 20.6. The van der Waals surface area contributed by atoms with Gasteiger partial charge in [-0.3, -0.25) is 15.0 Å². The fourth-order valence-electron chi connectivity index (χ4n) is 2.96. The Labute approximate surface area is 238 Å². The van der Waals surface area contributed by atoms with E-state index in [1.54, 1.807) is 35.5 Å². The Morgan fingerprint density at radius 2 is 0.842 bits per heavy atom. The summed E-state index contributed by atoms with van der Waals surface area (Å²) in [4.78, 5) is 22.4. The SMILES string of the molecule is CC(C)=NCCC[Si](C)(C)O.CO[Si](C)(CCCN=C(C)C)OC.CO[Si](CCCN=C(C)C)(OC)OC. The van der Waals surface area contributed by atoms with Crippen molar-refractivity contribution in [1.29, 1.82) is 0 Å². The third-order valence-electron chi connectivity index (χ3n) is 5.46. The molecule has 0 atom stereocenters. The van der Waals surface area contributed by atoms with E-state index in [1.165, 1.54) is 0 Å². The first-order valence-corrected chi connectivity index (χ1v) is 21.1. The van der Waals surface area contributed by atoms with Crippen LogP contribution >= 0.6 is 0 Å². The van der Waals surface area contributed by atoms with E-state index in [2.05, 4.69) is 21.5 Å². The normalized spacial score (nSPS) is 11.4. The van der Waals surface area contributed by atoms with Crippen LogP contribution in [0.4, 0.5) is 0 Å². The molecule has 0 aromatic carbocycles. The van der Waals surface area contributed by atoms with Gasteiger partial charge in [-0.2, -0.15) is 0 Å². The second-order valence-corrected chi connectivity index (χ2v) is 21.2. The fourth-order valence-corrected chi connectivity index (χ4v) is 7.06. The Morgan fingerprint density at radius 1 is 0.526 bits per heavy atom. The quantitative estimate of drug-likeness (QED) is 0.125. The van der Waals surface area contributed by atoms with E-state index >= 15 is 0 Å². The zero-order valence-corrected chi connectivity index (χ0v) is 30.2. The van der Waals surface area contributed by atoms with Crippen LogP contribution in [-0.2, 0) is 22.1 Å². The van der Waals surface area contributed by atoms with Crippen molar-refractivity contribution < 1.29 is 26.9 Å². The van der Waals surface area contributed by atoms with Gasteiger partial charge in [-0.1, -0.05) is 0 Å². The van der Waals surface area contributed by atoms with E-state index in [0.717, 1.165) is 74.2 Å². The molecular weight excluding hydrogens is 535 g/mol. The molecule has 0 aliphatic carbocycles. The second kappa shape index (κ2) is 24.2. The Balaban J connectivity index is -0.000000487. The minimum absolute atomic E-state index is 0.813. The average Bonchev–Trinajstić information content (AvgIpc) is 2.85. The van der Waals surface area contributed by atoms with Gasteiger partial charge in [0.25, 0.3) is 0 Å². The maximum Gasteiger partial charge on any atom is 0.500 e. The molecule has 0 aromatic rings. The van der Waals surface area contributed by atoms with Gasteiger partial charge in [-0.05, 0) is 92.5 Å². The summed E-state index contributed by atoms with van der Waals surface area (Å²) in [5, 5.41) is 0. The summed E-state index contributed by atoms with van der Waals surface area (Å²) in [5.41, 5.74) is 3.37. The molecule has 0 aliphatic rings. The van der Waals surface area contributed by atoms with Gasteiger partial charge in [0.1, 0.15) is 0 Å². The molecule has 0 bridgehead atoms. The van der Waals surface area contributed by atoms with Crippen LogP contribution in [0, 0.1) is 0 Å². The van der Waals surface area contributed by atoms with Gasteiger partial charge in [-0.25, -0.2) is 0 Å². The van der Waals surface area contributed by atoms with Crippen molar-refractivity contribution in [2.75, 3.05) is 55.2 Å². The van der Waals surface area contributed by atoms with Crippen molar-refractivity contribution in [3.8, 4) is 0 Å². The number of rotatable bonds is 17. The molecule has 0 fully saturated rings. The lowest BCUT2D eigenvalue weighted by Gasteiger charge is -2.23. The van der Waals surface area contributed by atoms with Gasteiger partial charge >= 0.3 is 17.4 Å².